The third-order valence-electron chi connectivity index (χ3n) is 6.74. The fourth-order valence-corrected chi connectivity index (χ4v) is 4.44. The van der Waals surface area contributed by atoms with E-state index in [1.54, 1.807) is 4.90 Å². The Bertz CT molecular complexity index is 932. The van der Waals surface area contributed by atoms with Crippen LogP contribution in [-0.4, -0.2) is 90.7 Å². The Morgan fingerprint density at radius 1 is 1.03 bits per heavy atom. The van der Waals surface area contributed by atoms with E-state index in [1.165, 1.54) is 0 Å². The lowest BCUT2D eigenvalue weighted by atomic mass is 9.88. The lowest BCUT2D eigenvalue weighted by Gasteiger charge is -2.41. The SMILES string of the molecule is CC(C)C[C@H](OC(=O)NCc1ccccc1)C(=O)NC1(C#N)CCN(C(=O)N2CCN(C)CC2)CC1. The van der Waals surface area contributed by atoms with Gasteiger partial charge in [-0.1, -0.05) is 44.2 Å². The van der Waals surface area contributed by atoms with E-state index in [-0.39, 0.29) is 18.5 Å². The molecule has 2 fully saturated rings. The van der Waals surface area contributed by atoms with Crippen LogP contribution in [0.15, 0.2) is 30.3 Å². The number of carbonyl (C=O) groups excluding carboxylic acids is 3. The Balaban J connectivity index is 1.55. The van der Waals surface area contributed by atoms with Crippen LogP contribution in [0.5, 0.6) is 0 Å². The van der Waals surface area contributed by atoms with E-state index < -0.39 is 23.6 Å². The standard InChI is InChI=1S/C26H38N6O4/c1-20(2)17-22(36-24(34)28-18-21-7-5-4-6-8-21)23(33)29-26(19-27)9-11-31(12-10-26)25(35)32-15-13-30(3)14-16-32/h4-8,20,22H,9-18H2,1-3H3,(H,28,34)(H,29,33)/t22-/m0/s1. The minimum atomic E-state index is -1.10. The lowest BCUT2D eigenvalue weighted by molar-refractivity contribution is -0.132. The molecule has 0 radical (unpaired) electrons. The first-order valence-corrected chi connectivity index (χ1v) is 12.7. The summed E-state index contributed by atoms with van der Waals surface area (Å²) in [4.78, 5) is 44.3. The summed E-state index contributed by atoms with van der Waals surface area (Å²) in [5.74, 6) is -0.386. The topological polar surface area (TPSA) is 118 Å². The maximum atomic E-state index is 13.2. The predicted molar refractivity (Wildman–Crippen MR) is 135 cm³/mol. The molecule has 2 aliphatic rings. The van der Waals surface area contributed by atoms with E-state index >= 15 is 0 Å². The van der Waals surface area contributed by atoms with E-state index in [0.717, 1.165) is 18.7 Å². The summed E-state index contributed by atoms with van der Waals surface area (Å²) in [7, 11) is 2.04. The van der Waals surface area contributed by atoms with E-state index in [0.29, 0.717) is 45.4 Å². The van der Waals surface area contributed by atoms with Gasteiger partial charge in [0.1, 0.15) is 5.54 Å². The number of likely N-dealkylation sites (N-methyl/N-ethyl adjacent to an activating group) is 1. The second-order valence-corrected chi connectivity index (χ2v) is 10.1. The van der Waals surface area contributed by atoms with Gasteiger partial charge in [0.05, 0.1) is 6.07 Å². The Labute approximate surface area is 213 Å². The quantitative estimate of drug-likeness (QED) is 0.595. The van der Waals surface area contributed by atoms with Crippen molar-refractivity contribution in [3.05, 3.63) is 35.9 Å². The molecular formula is C26H38N6O4. The number of carbonyl (C=O) groups is 3. The molecule has 0 saturated carbocycles. The van der Waals surface area contributed by atoms with Gasteiger partial charge in [0.25, 0.3) is 5.91 Å². The molecule has 2 aliphatic heterocycles. The number of nitrogens with one attached hydrogen (secondary N) is 2. The summed E-state index contributed by atoms with van der Waals surface area (Å²) in [6.07, 6.45) is -0.721. The Kier molecular flexibility index (Phi) is 9.53. The number of hydrogen-bond acceptors (Lipinski definition) is 6. The number of amides is 4. The molecule has 0 aliphatic carbocycles. The number of nitrogens with zero attached hydrogens (tertiary/aromatic N) is 4. The number of ether oxygens (including phenoxy) is 1. The summed E-state index contributed by atoms with van der Waals surface area (Å²) >= 11 is 0. The fraction of sp³-hybridized carbons (Fsp3) is 0.615. The Hall–Kier alpha value is -3.32. The minimum absolute atomic E-state index is 0.0166. The van der Waals surface area contributed by atoms with Crippen molar-refractivity contribution < 1.29 is 19.1 Å². The average Bonchev–Trinajstić information content (AvgIpc) is 2.88. The molecule has 2 heterocycles. The maximum absolute atomic E-state index is 13.2. The molecule has 10 heteroatoms. The number of alkyl carbamates (subject to hydrolysis) is 1. The van der Waals surface area contributed by atoms with Crippen LogP contribution >= 0.6 is 0 Å². The van der Waals surface area contributed by atoms with Gasteiger partial charge in [0, 0.05) is 58.7 Å². The molecule has 0 unspecified atom stereocenters. The Morgan fingerprint density at radius 2 is 1.64 bits per heavy atom. The third kappa shape index (κ3) is 7.59. The summed E-state index contributed by atoms with van der Waals surface area (Å²) in [6.45, 7) is 7.98. The molecule has 1 atom stereocenters. The van der Waals surface area contributed by atoms with Crippen LogP contribution in [0.25, 0.3) is 0 Å². The molecule has 196 valence electrons. The number of piperidine rings is 1. The highest BCUT2D eigenvalue weighted by Crippen LogP contribution is 2.24. The number of rotatable bonds is 7. The zero-order valence-electron chi connectivity index (χ0n) is 21.5. The van der Waals surface area contributed by atoms with Gasteiger partial charge in [-0.3, -0.25) is 4.79 Å². The highest BCUT2D eigenvalue weighted by Gasteiger charge is 2.40. The zero-order chi connectivity index (χ0) is 26.1. The summed E-state index contributed by atoms with van der Waals surface area (Å²) in [5, 5.41) is 15.5. The van der Waals surface area contributed by atoms with Gasteiger partial charge in [-0.25, -0.2) is 9.59 Å². The maximum Gasteiger partial charge on any atom is 0.408 e. The second kappa shape index (κ2) is 12.6. The van der Waals surface area contributed by atoms with Gasteiger partial charge >= 0.3 is 12.1 Å². The number of urea groups is 1. The molecule has 3 rings (SSSR count). The van der Waals surface area contributed by atoms with Gasteiger partial charge in [-0.2, -0.15) is 5.26 Å². The summed E-state index contributed by atoms with van der Waals surface area (Å²) in [5.41, 5.74) is -0.185. The van der Waals surface area contributed by atoms with Crippen LogP contribution in [-0.2, 0) is 16.1 Å². The van der Waals surface area contributed by atoms with Crippen molar-refractivity contribution >= 4 is 18.0 Å². The van der Waals surface area contributed by atoms with Crippen LogP contribution in [0.3, 0.4) is 0 Å². The van der Waals surface area contributed by atoms with Crippen LogP contribution < -0.4 is 10.6 Å². The van der Waals surface area contributed by atoms with E-state index in [2.05, 4.69) is 21.6 Å². The molecule has 0 spiro atoms. The number of likely N-dealkylation sites (tertiary alicyclic amines) is 1. The van der Waals surface area contributed by atoms with Crippen LogP contribution in [0.2, 0.25) is 0 Å². The van der Waals surface area contributed by atoms with Gasteiger partial charge in [-0.05, 0) is 24.9 Å². The van der Waals surface area contributed by atoms with Crippen molar-refractivity contribution in [2.24, 2.45) is 5.92 Å². The molecule has 10 nitrogen and oxygen atoms in total. The monoisotopic (exact) mass is 498 g/mol. The second-order valence-electron chi connectivity index (χ2n) is 10.1. The summed E-state index contributed by atoms with van der Waals surface area (Å²) in [6, 6.07) is 11.7. The van der Waals surface area contributed by atoms with E-state index in [9.17, 15) is 19.6 Å². The molecule has 2 saturated heterocycles. The highest BCUT2D eigenvalue weighted by atomic mass is 16.6. The van der Waals surface area contributed by atoms with Crippen molar-refractivity contribution in [2.75, 3.05) is 46.3 Å². The first kappa shape index (κ1) is 27.3. The molecule has 1 aromatic carbocycles. The minimum Gasteiger partial charge on any atom is -0.436 e. The molecular weight excluding hydrogens is 460 g/mol. The van der Waals surface area contributed by atoms with Gasteiger partial charge < -0.3 is 30.1 Å². The average molecular weight is 499 g/mol. The van der Waals surface area contributed by atoms with Gasteiger partial charge in [0.15, 0.2) is 6.10 Å². The summed E-state index contributed by atoms with van der Waals surface area (Å²) < 4.78 is 5.48. The van der Waals surface area contributed by atoms with Crippen LogP contribution in [0.4, 0.5) is 9.59 Å². The molecule has 0 aromatic heterocycles. The van der Waals surface area contributed by atoms with Crippen molar-refractivity contribution in [1.82, 2.24) is 25.3 Å². The van der Waals surface area contributed by atoms with Gasteiger partial charge in [0.2, 0.25) is 0 Å². The molecule has 0 bridgehead atoms. The fourth-order valence-electron chi connectivity index (χ4n) is 4.44. The highest BCUT2D eigenvalue weighted by molar-refractivity contribution is 5.84. The molecule has 1 aromatic rings. The third-order valence-corrected chi connectivity index (χ3v) is 6.74. The number of piperazine rings is 1. The van der Waals surface area contributed by atoms with E-state index in [1.807, 2.05) is 56.1 Å². The van der Waals surface area contributed by atoms with Crippen molar-refractivity contribution in [2.45, 2.75) is 51.3 Å². The first-order valence-electron chi connectivity index (χ1n) is 12.7. The first-order chi connectivity index (χ1) is 17.2. The zero-order valence-corrected chi connectivity index (χ0v) is 21.5. The van der Waals surface area contributed by atoms with Crippen LogP contribution in [0.1, 0.15) is 38.7 Å². The smallest absolute Gasteiger partial charge is 0.408 e. The number of hydrogen-bond donors (Lipinski definition) is 2. The van der Waals surface area contributed by atoms with E-state index in [4.69, 9.17) is 4.74 Å². The largest absolute Gasteiger partial charge is 0.436 e. The predicted octanol–water partition coefficient (Wildman–Crippen LogP) is 2.17. The lowest BCUT2D eigenvalue weighted by Crippen LogP contribution is -2.60. The Morgan fingerprint density at radius 3 is 2.22 bits per heavy atom. The number of benzene rings is 1. The van der Waals surface area contributed by atoms with Crippen molar-refractivity contribution in [3.8, 4) is 6.07 Å². The molecule has 36 heavy (non-hydrogen) atoms. The molecule has 4 amide bonds. The van der Waals surface area contributed by atoms with Gasteiger partial charge in [-0.15, -0.1) is 0 Å². The van der Waals surface area contributed by atoms with Crippen molar-refractivity contribution in [1.29, 1.82) is 5.26 Å². The van der Waals surface area contributed by atoms with Crippen LogP contribution in [0, 0.1) is 17.2 Å². The normalized spacial score (nSPS) is 18.8. The molecule has 2 N–H and O–H groups in total. The number of nitriles is 1. The van der Waals surface area contributed by atoms with Crippen molar-refractivity contribution in [3.63, 3.8) is 0 Å².